The topological polar surface area (TPSA) is 127 Å². The Balaban J connectivity index is 1.57. The van der Waals surface area contributed by atoms with Crippen LogP contribution in [-0.2, 0) is 0 Å². The van der Waals surface area contributed by atoms with Gasteiger partial charge in [-0.15, -0.1) is 21.5 Å². The fourth-order valence-electron chi connectivity index (χ4n) is 2.58. The fraction of sp³-hybridized carbons (Fsp3) is 0.438. The number of nitriles is 1. The summed E-state index contributed by atoms with van der Waals surface area (Å²) in [6, 6.07) is 4.29. The van der Waals surface area contributed by atoms with Gasteiger partial charge in [-0.3, -0.25) is 5.32 Å². The third kappa shape index (κ3) is 4.07. The number of urea groups is 1. The summed E-state index contributed by atoms with van der Waals surface area (Å²) in [6.07, 6.45) is -0.735. The fourth-order valence-corrected chi connectivity index (χ4v) is 3.45. The predicted octanol–water partition coefficient (Wildman–Crippen LogP) is 1.30. The Morgan fingerprint density at radius 1 is 1.42 bits per heavy atom. The van der Waals surface area contributed by atoms with Crippen LogP contribution in [0.15, 0.2) is 17.5 Å². The molecule has 1 aliphatic heterocycles. The molecule has 136 valence electrons. The number of aromatic nitrogens is 3. The van der Waals surface area contributed by atoms with Crippen molar-refractivity contribution in [3.05, 3.63) is 28.9 Å². The first-order valence-electron chi connectivity index (χ1n) is 8.16. The summed E-state index contributed by atoms with van der Waals surface area (Å²) in [5.74, 6) is 0.845. The molecule has 0 bridgehead atoms. The molecule has 3 N–H and O–H groups in total. The number of amides is 2. The van der Waals surface area contributed by atoms with E-state index in [4.69, 9.17) is 5.26 Å². The molecular weight excluding hydrogens is 354 g/mol. The van der Waals surface area contributed by atoms with Crippen LogP contribution in [0.4, 0.5) is 15.7 Å². The number of hydrogen-bond donors (Lipinski definition) is 3. The zero-order chi connectivity index (χ0) is 18.7. The molecule has 0 saturated carbocycles. The Kier molecular flexibility index (Phi) is 5.29. The van der Waals surface area contributed by atoms with Crippen LogP contribution in [0.25, 0.3) is 0 Å². The molecule has 0 unspecified atom stereocenters. The third-order valence-corrected chi connectivity index (χ3v) is 4.80. The van der Waals surface area contributed by atoms with Gasteiger partial charge in [0.15, 0.2) is 16.6 Å². The maximum Gasteiger partial charge on any atom is 0.321 e. The number of β-amino-alcohol motifs (C(OH)–C–C–N with tert-alkyl or cyclic N) is 1. The Bertz CT molecular complexity index is 815. The lowest BCUT2D eigenvalue weighted by Gasteiger charge is -2.17. The number of nitrogens with zero attached hydrogens (tertiary/aromatic N) is 5. The second-order valence-electron chi connectivity index (χ2n) is 6.30. The summed E-state index contributed by atoms with van der Waals surface area (Å²) in [5.41, 5.74) is 1.16. The minimum atomic E-state index is -0.735. The van der Waals surface area contributed by atoms with Crippen LogP contribution < -0.4 is 15.5 Å². The van der Waals surface area contributed by atoms with Gasteiger partial charge in [-0.25, -0.2) is 9.78 Å². The average molecular weight is 373 g/mol. The van der Waals surface area contributed by atoms with Crippen LogP contribution in [0.1, 0.15) is 31.2 Å². The first kappa shape index (κ1) is 18.0. The summed E-state index contributed by atoms with van der Waals surface area (Å²) in [5, 5.41) is 34.6. The summed E-state index contributed by atoms with van der Waals surface area (Å²) < 4.78 is 0. The van der Waals surface area contributed by atoms with Crippen molar-refractivity contribution in [1.82, 2.24) is 20.5 Å². The van der Waals surface area contributed by atoms with Crippen LogP contribution in [0.3, 0.4) is 0 Å². The highest BCUT2D eigenvalue weighted by Crippen LogP contribution is 2.22. The van der Waals surface area contributed by atoms with E-state index in [-0.39, 0.29) is 5.69 Å². The van der Waals surface area contributed by atoms with Crippen molar-refractivity contribution in [1.29, 1.82) is 5.26 Å². The van der Waals surface area contributed by atoms with Crippen molar-refractivity contribution in [2.24, 2.45) is 0 Å². The van der Waals surface area contributed by atoms with Gasteiger partial charge in [0, 0.05) is 18.5 Å². The lowest BCUT2D eigenvalue weighted by atomic mass is 10.2. The second-order valence-corrected chi connectivity index (χ2v) is 7.16. The van der Waals surface area contributed by atoms with E-state index in [0.29, 0.717) is 30.0 Å². The van der Waals surface area contributed by atoms with Crippen LogP contribution in [0.5, 0.6) is 0 Å². The van der Waals surface area contributed by atoms with Crippen LogP contribution in [-0.4, -0.2) is 51.6 Å². The standard InChI is InChI=1S/C16H19N7O2S/c1-9(2)12-8-26-16(19-12)20-15(25)18-11-6-23(7-13(11)24)14-4-3-10(5-17)21-22-14/h3-4,8-9,11,13,24H,6-7H2,1-2H3,(H2,18,19,20,25)/t11-,13+/m1/s1. The van der Waals surface area contributed by atoms with E-state index in [1.54, 1.807) is 12.1 Å². The monoisotopic (exact) mass is 373 g/mol. The van der Waals surface area contributed by atoms with E-state index in [1.165, 1.54) is 11.3 Å². The quantitative estimate of drug-likeness (QED) is 0.737. The van der Waals surface area contributed by atoms with Crippen molar-refractivity contribution in [2.45, 2.75) is 31.9 Å². The highest BCUT2D eigenvalue weighted by molar-refractivity contribution is 7.13. The average Bonchev–Trinajstić information content (AvgIpc) is 3.22. The predicted molar refractivity (Wildman–Crippen MR) is 97.1 cm³/mol. The molecule has 0 spiro atoms. The highest BCUT2D eigenvalue weighted by Gasteiger charge is 2.33. The molecule has 0 radical (unpaired) electrons. The molecule has 2 atom stereocenters. The maximum atomic E-state index is 12.2. The second kappa shape index (κ2) is 7.63. The number of nitrogens with one attached hydrogen (secondary N) is 2. The van der Waals surface area contributed by atoms with Crippen molar-refractivity contribution in [3.63, 3.8) is 0 Å². The molecule has 1 fully saturated rings. The first-order chi connectivity index (χ1) is 12.5. The number of aliphatic hydroxyl groups is 1. The maximum absolute atomic E-state index is 12.2. The third-order valence-electron chi connectivity index (χ3n) is 4.03. The van der Waals surface area contributed by atoms with Crippen LogP contribution in [0.2, 0.25) is 0 Å². The van der Waals surface area contributed by atoms with E-state index in [0.717, 1.165) is 5.69 Å². The number of carbonyl (C=O) groups excluding carboxylic acids is 1. The highest BCUT2D eigenvalue weighted by atomic mass is 32.1. The molecule has 26 heavy (non-hydrogen) atoms. The minimum Gasteiger partial charge on any atom is -0.389 e. The Labute approximate surface area is 154 Å². The lowest BCUT2D eigenvalue weighted by molar-refractivity contribution is 0.165. The number of anilines is 2. The first-order valence-corrected chi connectivity index (χ1v) is 9.04. The van der Waals surface area contributed by atoms with Crippen molar-refractivity contribution < 1.29 is 9.90 Å². The minimum absolute atomic E-state index is 0.228. The number of rotatable bonds is 4. The number of aliphatic hydroxyl groups excluding tert-OH is 1. The summed E-state index contributed by atoms with van der Waals surface area (Å²) >= 11 is 1.37. The van der Waals surface area contributed by atoms with E-state index in [1.807, 2.05) is 30.2 Å². The van der Waals surface area contributed by atoms with Gasteiger partial charge in [0.2, 0.25) is 0 Å². The van der Waals surface area contributed by atoms with E-state index in [9.17, 15) is 9.90 Å². The van der Waals surface area contributed by atoms with Gasteiger partial charge in [-0.1, -0.05) is 13.8 Å². The largest absolute Gasteiger partial charge is 0.389 e. The molecule has 2 aromatic rings. The van der Waals surface area contributed by atoms with Gasteiger partial charge in [0.1, 0.15) is 6.07 Å². The number of hydrogen-bond acceptors (Lipinski definition) is 8. The van der Waals surface area contributed by atoms with Gasteiger partial charge < -0.3 is 15.3 Å². The molecule has 1 aliphatic rings. The summed E-state index contributed by atoms with van der Waals surface area (Å²) in [4.78, 5) is 18.3. The summed E-state index contributed by atoms with van der Waals surface area (Å²) in [6.45, 7) is 4.79. The number of carbonyl (C=O) groups is 1. The lowest BCUT2D eigenvalue weighted by Crippen LogP contribution is -2.44. The van der Waals surface area contributed by atoms with Gasteiger partial charge >= 0.3 is 6.03 Å². The molecule has 3 rings (SSSR count). The smallest absolute Gasteiger partial charge is 0.321 e. The van der Waals surface area contributed by atoms with Gasteiger partial charge in [-0.2, -0.15) is 5.26 Å². The van der Waals surface area contributed by atoms with Gasteiger partial charge in [0.05, 0.1) is 17.8 Å². The SMILES string of the molecule is CC(C)c1csc(NC(=O)N[C@@H]2CN(c3ccc(C#N)nn3)C[C@@H]2O)n1. The van der Waals surface area contributed by atoms with Crippen molar-refractivity contribution in [3.8, 4) is 6.07 Å². The van der Waals surface area contributed by atoms with Crippen LogP contribution in [0, 0.1) is 11.3 Å². The van der Waals surface area contributed by atoms with E-state index < -0.39 is 18.2 Å². The molecule has 0 aliphatic carbocycles. The van der Waals surface area contributed by atoms with Crippen molar-refractivity contribution >= 4 is 28.3 Å². The van der Waals surface area contributed by atoms with Crippen LogP contribution >= 0.6 is 11.3 Å². The molecule has 10 heteroatoms. The zero-order valence-electron chi connectivity index (χ0n) is 14.4. The molecule has 2 aromatic heterocycles. The van der Waals surface area contributed by atoms with Gasteiger partial charge in [0.25, 0.3) is 0 Å². The van der Waals surface area contributed by atoms with E-state index in [2.05, 4.69) is 25.8 Å². The normalized spacial score (nSPS) is 19.4. The molecule has 0 aromatic carbocycles. The van der Waals surface area contributed by atoms with E-state index >= 15 is 0 Å². The molecular formula is C16H19N7O2S. The van der Waals surface area contributed by atoms with Gasteiger partial charge in [-0.05, 0) is 18.1 Å². The Morgan fingerprint density at radius 2 is 2.23 bits per heavy atom. The Hall–Kier alpha value is -2.77. The molecule has 1 saturated heterocycles. The number of thiazole rings is 1. The zero-order valence-corrected chi connectivity index (χ0v) is 15.2. The summed E-state index contributed by atoms with van der Waals surface area (Å²) in [7, 11) is 0. The molecule has 9 nitrogen and oxygen atoms in total. The molecule has 3 heterocycles. The Morgan fingerprint density at radius 3 is 2.85 bits per heavy atom. The van der Waals surface area contributed by atoms with Crippen molar-refractivity contribution in [2.75, 3.05) is 23.3 Å². The molecule has 2 amide bonds.